The number of amides is 1. The zero-order valence-electron chi connectivity index (χ0n) is 15.5. The molecule has 1 unspecified atom stereocenters. The molecule has 1 aliphatic carbocycles. The first kappa shape index (κ1) is 22.8. The first-order valence-electron chi connectivity index (χ1n) is 9.16. The zero-order chi connectivity index (χ0) is 22.1. The molecule has 2 aromatic rings. The van der Waals surface area contributed by atoms with E-state index < -0.39 is 46.2 Å². The molecule has 1 saturated carbocycles. The van der Waals surface area contributed by atoms with Gasteiger partial charge in [0.05, 0.1) is 22.2 Å². The van der Waals surface area contributed by atoms with Gasteiger partial charge >= 0.3 is 6.18 Å². The number of aliphatic hydroxyl groups is 1. The summed E-state index contributed by atoms with van der Waals surface area (Å²) >= 11 is 12.1. The second kappa shape index (κ2) is 8.69. The minimum absolute atomic E-state index is 0.0439. The van der Waals surface area contributed by atoms with Crippen molar-refractivity contribution in [3.05, 3.63) is 63.4 Å². The van der Waals surface area contributed by atoms with Crippen molar-refractivity contribution < 1.29 is 27.5 Å². The van der Waals surface area contributed by atoms with E-state index in [-0.39, 0.29) is 30.7 Å². The molecule has 0 bridgehead atoms. The van der Waals surface area contributed by atoms with Gasteiger partial charge in [-0.25, -0.2) is 4.39 Å². The molecular weight excluding hydrogens is 447 g/mol. The van der Waals surface area contributed by atoms with Gasteiger partial charge in [-0.1, -0.05) is 41.4 Å². The van der Waals surface area contributed by atoms with E-state index in [0.717, 1.165) is 12.3 Å². The highest BCUT2D eigenvalue weighted by molar-refractivity contribution is 6.34. The molecule has 0 saturated heterocycles. The lowest BCUT2D eigenvalue weighted by atomic mass is 9.76. The fraction of sp³-hybridized carbons (Fsp3) is 0.400. The second-order valence-electron chi connectivity index (χ2n) is 7.23. The van der Waals surface area contributed by atoms with Crippen LogP contribution in [-0.4, -0.2) is 27.8 Å². The Kier molecular flexibility index (Phi) is 6.60. The Hall–Kier alpha value is -1.90. The predicted molar refractivity (Wildman–Crippen MR) is 104 cm³/mol. The summed E-state index contributed by atoms with van der Waals surface area (Å²) in [6, 6.07) is 6.42. The van der Waals surface area contributed by atoms with Crippen LogP contribution in [0, 0.1) is 0 Å². The van der Waals surface area contributed by atoms with Crippen molar-refractivity contribution in [2.45, 2.75) is 49.7 Å². The quantitative estimate of drug-likeness (QED) is 0.585. The standard InChI is InChI=1S/C20H18Cl2F4N2O2/c21-14-4-2-1-3-12(14)16(19(30)8-5-11(23)6-9-19)28-18(29)13-7-10-27-17(15(13)22)20(24,25)26/h1-4,7,10-11,16,30H,5-6,8-9H2,(H,28,29). The number of hydrogen-bond donors (Lipinski definition) is 2. The smallest absolute Gasteiger partial charge is 0.387 e. The second-order valence-corrected chi connectivity index (χ2v) is 8.01. The Bertz CT molecular complexity index is 931. The van der Waals surface area contributed by atoms with E-state index in [1.54, 1.807) is 24.3 Å². The Morgan fingerprint density at radius 1 is 1.20 bits per heavy atom. The van der Waals surface area contributed by atoms with E-state index >= 15 is 0 Å². The highest BCUT2D eigenvalue weighted by Gasteiger charge is 2.43. The fourth-order valence-electron chi connectivity index (χ4n) is 3.61. The van der Waals surface area contributed by atoms with Crippen molar-refractivity contribution in [1.82, 2.24) is 10.3 Å². The molecule has 1 fully saturated rings. The van der Waals surface area contributed by atoms with Crippen LogP contribution < -0.4 is 5.32 Å². The SMILES string of the molecule is O=C(NC(c1ccccc1Cl)C1(O)CCC(F)CC1)c1ccnc(C(F)(F)F)c1Cl. The summed E-state index contributed by atoms with van der Waals surface area (Å²) in [5.74, 6) is -0.936. The van der Waals surface area contributed by atoms with Crippen LogP contribution in [0.3, 0.4) is 0 Å². The van der Waals surface area contributed by atoms with E-state index in [1.807, 2.05) is 0 Å². The van der Waals surface area contributed by atoms with Crippen LogP contribution in [0.5, 0.6) is 0 Å². The van der Waals surface area contributed by atoms with E-state index in [0.29, 0.717) is 5.56 Å². The molecule has 1 aromatic heterocycles. The van der Waals surface area contributed by atoms with Crippen LogP contribution in [0.1, 0.15) is 53.3 Å². The molecule has 0 aliphatic heterocycles. The van der Waals surface area contributed by atoms with Crippen molar-refractivity contribution in [2.24, 2.45) is 0 Å². The number of aromatic nitrogens is 1. The predicted octanol–water partition coefficient (Wildman–Crippen LogP) is 5.52. The van der Waals surface area contributed by atoms with E-state index in [2.05, 4.69) is 10.3 Å². The zero-order valence-corrected chi connectivity index (χ0v) is 17.0. The maximum absolute atomic E-state index is 13.7. The Morgan fingerprint density at radius 2 is 1.83 bits per heavy atom. The number of nitrogens with one attached hydrogen (secondary N) is 1. The number of carbonyl (C=O) groups excluding carboxylic acids is 1. The lowest BCUT2D eigenvalue weighted by Crippen LogP contribution is -2.48. The van der Waals surface area contributed by atoms with Gasteiger partial charge in [0.15, 0.2) is 5.69 Å². The van der Waals surface area contributed by atoms with Gasteiger partial charge in [0.25, 0.3) is 5.91 Å². The third-order valence-electron chi connectivity index (χ3n) is 5.21. The normalized spacial score (nSPS) is 23.1. The number of carbonyl (C=O) groups is 1. The lowest BCUT2D eigenvalue weighted by molar-refractivity contribution is -0.141. The highest BCUT2D eigenvalue weighted by Crippen LogP contribution is 2.42. The number of nitrogens with zero attached hydrogens (tertiary/aromatic N) is 1. The largest absolute Gasteiger partial charge is 0.434 e. The van der Waals surface area contributed by atoms with Crippen molar-refractivity contribution in [2.75, 3.05) is 0 Å². The Morgan fingerprint density at radius 3 is 2.43 bits per heavy atom. The molecule has 3 rings (SSSR count). The average molecular weight is 465 g/mol. The average Bonchev–Trinajstić information content (AvgIpc) is 2.68. The minimum Gasteiger partial charge on any atom is -0.387 e. The van der Waals surface area contributed by atoms with Crippen LogP contribution in [0.15, 0.2) is 36.5 Å². The Labute approximate surface area is 180 Å². The number of alkyl halides is 4. The van der Waals surface area contributed by atoms with Crippen molar-refractivity contribution in [1.29, 1.82) is 0 Å². The van der Waals surface area contributed by atoms with E-state index in [4.69, 9.17) is 23.2 Å². The summed E-state index contributed by atoms with van der Waals surface area (Å²) in [5, 5.41) is 13.2. The monoisotopic (exact) mass is 464 g/mol. The van der Waals surface area contributed by atoms with E-state index in [9.17, 15) is 27.5 Å². The van der Waals surface area contributed by atoms with Crippen LogP contribution in [0.2, 0.25) is 10.0 Å². The number of benzene rings is 1. The topological polar surface area (TPSA) is 62.2 Å². The molecule has 10 heteroatoms. The van der Waals surface area contributed by atoms with Crippen LogP contribution in [-0.2, 0) is 6.18 Å². The summed E-state index contributed by atoms with van der Waals surface area (Å²) < 4.78 is 52.9. The Balaban J connectivity index is 1.98. The lowest BCUT2D eigenvalue weighted by Gasteiger charge is -2.41. The molecule has 1 aromatic carbocycles. The molecule has 0 spiro atoms. The van der Waals surface area contributed by atoms with Gasteiger partial charge in [0, 0.05) is 11.2 Å². The number of hydrogen-bond acceptors (Lipinski definition) is 3. The van der Waals surface area contributed by atoms with E-state index in [1.165, 1.54) is 0 Å². The molecule has 30 heavy (non-hydrogen) atoms. The van der Waals surface area contributed by atoms with Gasteiger partial charge in [0.1, 0.15) is 6.17 Å². The molecule has 0 radical (unpaired) electrons. The molecule has 4 nitrogen and oxygen atoms in total. The maximum Gasteiger partial charge on any atom is 0.434 e. The highest BCUT2D eigenvalue weighted by atomic mass is 35.5. The van der Waals surface area contributed by atoms with Gasteiger partial charge in [-0.2, -0.15) is 13.2 Å². The van der Waals surface area contributed by atoms with Crippen molar-refractivity contribution in [3.63, 3.8) is 0 Å². The summed E-state index contributed by atoms with van der Waals surface area (Å²) in [4.78, 5) is 16.1. The van der Waals surface area contributed by atoms with Crippen LogP contribution in [0.4, 0.5) is 17.6 Å². The minimum atomic E-state index is -4.84. The maximum atomic E-state index is 13.7. The summed E-state index contributed by atoms with van der Waals surface area (Å²) in [5.41, 5.74) is -2.99. The molecule has 1 atom stereocenters. The first-order valence-corrected chi connectivity index (χ1v) is 9.92. The first-order chi connectivity index (χ1) is 14.0. The summed E-state index contributed by atoms with van der Waals surface area (Å²) in [7, 11) is 0. The molecule has 162 valence electrons. The van der Waals surface area contributed by atoms with Gasteiger partial charge < -0.3 is 10.4 Å². The van der Waals surface area contributed by atoms with Crippen LogP contribution in [0.25, 0.3) is 0 Å². The summed E-state index contributed by atoms with van der Waals surface area (Å²) in [6.45, 7) is 0. The molecule has 2 N–H and O–H groups in total. The number of halogens is 6. The van der Waals surface area contributed by atoms with Gasteiger partial charge in [-0.05, 0) is 43.4 Å². The number of rotatable bonds is 4. The fourth-order valence-corrected chi connectivity index (χ4v) is 4.16. The summed E-state index contributed by atoms with van der Waals surface area (Å²) in [6.07, 6.45) is -4.82. The van der Waals surface area contributed by atoms with Crippen molar-refractivity contribution >= 4 is 29.1 Å². The van der Waals surface area contributed by atoms with Crippen LogP contribution >= 0.6 is 23.2 Å². The van der Waals surface area contributed by atoms with Crippen molar-refractivity contribution in [3.8, 4) is 0 Å². The third kappa shape index (κ3) is 4.71. The van der Waals surface area contributed by atoms with Gasteiger partial charge in [-0.3, -0.25) is 9.78 Å². The molecule has 1 heterocycles. The molecule has 1 aliphatic rings. The van der Waals surface area contributed by atoms with Gasteiger partial charge in [-0.15, -0.1) is 0 Å². The third-order valence-corrected chi connectivity index (χ3v) is 5.94. The number of pyridine rings is 1. The van der Waals surface area contributed by atoms with Gasteiger partial charge in [0.2, 0.25) is 0 Å². The molecule has 1 amide bonds. The molecular formula is C20H18Cl2F4N2O2.